The fourth-order valence-electron chi connectivity index (χ4n) is 1.64. The molecule has 0 atom stereocenters. The molecule has 2 heterocycles. The summed E-state index contributed by atoms with van der Waals surface area (Å²) in [7, 11) is 0. The monoisotopic (exact) mass is 248 g/mol. The van der Waals surface area contributed by atoms with Gasteiger partial charge in [0.25, 0.3) is 0 Å². The van der Waals surface area contributed by atoms with Gasteiger partial charge in [0.1, 0.15) is 11.3 Å². The van der Waals surface area contributed by atoms with Gasteiger partial charge in [-0.05, 0) is 0 Å². The van der Waals surface area contributed by atoms with E-state index in [1.54, 1.807) is 16.8 Å². The molecule has 2 aromatic rings. The summed E-state index contributed by atoms with van der Waals surface area (Å²) in [6.07, 6.45) is 7.26. The zero-order valence-corrected chi connectivity index (χ0v) is 11.2. The Morgan fingerprint density at radius 2 is 2.00 bits per heavy atom. The number of carbonyl (C=O) groups is 1. The highest BCUT2D eigenvalue weighted by Crippen LogP contribution is 2.03. The molecule has 0 unspecified atom stereocenters. The fourth-order valence-corrected chi connectivity index (χ4v) is 1.64. The molecule has 0 aliphatic carbocycles. The largest absolute Gasteiger partial charge is 0.345 e. The van der Waals surface area contributed by atoms with Gasteiger partial charge in [0, 0.05) is 31.5 Å². The molecule has 0 amide bonds. The van der Waals surface area contributed by atoms with Gasteiger partial charge >= 0.3 is 0 Å². The Morgan fingerprint density at radius 1 is 1.33 bits per heavy atom. The van der Waals surface area contributed by atoms with Crippen LogP contribution in [0.1, 0.15) is 50.5 Å². The number of rotatable bonds is 3. The van der Waals surface area contributed by atoms with Gasteiger partial charge in [-0.3, -0.25) is 14.0 Å². The molecule has 0 aliphatic heterocycles. The van der Waals surface area contributed by atoms with Crippen molar-refractivity contribution in [2.45, 2.75) is 40.0 Å². The van der Waals surface area contributed by atoms with Gasteiger partial charge < -0.3 is 4.98 Å². The zero-order chi connectivity index (χ0) is 13.5. The zero-order valence-electron chi connectivity index (χ0n) is 11.2. The van der Waals surface area contributed by atoms with Crippen LogP contribution in [0.3, 0.4) is 0 Å². The molecule has 0 saturated carbocycles. The summed E-state index contributed by atoms with van der Waals surface area (Å²) in [6.45, 7) is 5.91. The number of pyridine rings is 1. The summed E-state index contributed by atoms with van der Waals surface area (Å²) >= 11 is 0. The predicted molar refractivity (Wildman–Crippen MR) is 73.2 cm³/mol. The number of nitrogens with one attached hydrogen (secondary N) is 1. The highest BCUT2D eigenvalue weighted by Gasteiger charge is 2.05. The molecule has 0 aromatic carbocycles. The van der Waals surface area contributed by atoms with Crippen LogP contribution in [-0.4, -0.2) is 15.2 Å². The van der Waals surface area contributed by atoms with E-state index in [9.17, 15) is 9.59 Å². The maximum atomic E-state index is 11.1. The minimum atomic E-state index is -0.0723. The van der Waals surface area contributed by atoms with Crippen LogP contribution in [0.2, 0.25) is 0 Å². The maximum Gasteiger partial charge on any atom is 0.183 e. The van der Waals surface area contributed by atoms with Gasteiger partial charge in [0.2, 0.25) is 0 Å². The third-order valence-corrected chi connectivity index (χ3v) is 2.61. The molecule has 0 fully saturated rings. The summed E-state index contributed by atoms with van der Waals surface area (Å²) in [5.41, 5.74) is 1.12. The van der Waals surface area contributed by atoms with Crippen molar-refractivity contribution in [1.82, 2.24) is 9.38 Å². The first kappa shape index (κ1) is 14.2. The van der Waals surface area contributed by atoms with Gasteiger partial charge in [0.05, 0.1) is 0 Å². The average molecular weight is 248 g/mol. The number of hydrogen-bond acceptors (Lipinski definition) is 2. The van der Waals surface area contributed by atoms with Gasteiger partial charge in [-0.15, -0.1) is 0 Å². The second-order valence-electron chi connectivity index (χ2n) is 4.20. The van der Waals surface area contributed by atoms with Crippen LogP contribution in [-0.2, 0) is 0 Å². The molecule has 4 heteroatoms. The minimum Gasteiger partial charge on any atom is -0.345 e. The molecule has 2 aromatic heterocycles. The van der Waals surface area contributed by atoms with Gasteiger partial charge in [-0.1, -0.05) is 33.1 Å². The lowest BCUT2D eigenvalue weighted by molar-refractivity contribution is 0.101. The Bertz CT molecular complexity index is 564. The number of carbonyl (C=O) groups excluding carboxylic acids is 1. The topological polar surface area (TPSA) is 54.3 Å². The first-order chi connectivity index (χ1) is 8.60. The van der Waals surface area contributed by atoms with E-state index in [4.69, 9.17) is 0 Å². The standard InChI is InChI=1S/C9H8N2O2.C5H12/c1-6(12)8-5-10-9-4-7(13)2-3-11(8)9;1-3-5-4-2/h2-5,10H,1H3;3-5H2,1-2H3. The number of imidazole rings is 1. The smallest absolute Gasteiger partial charge is 0.183 e. The number of fused-ring (bicyclic) bond motifs is 1. The van der Waals surface area contributed by atoms with Crippen LogP contribution in [0.4, 0.5) is 0 Å². The first-order valence-corrected chi connectivity index (χ1v) is 6.30. The lowest BCUT2D eigenvalue weighted by atomic mass is 10.3. The summed E-state index contributed by atoms with van der Waals surface area (Å²) in [5.74, 6) is -0.0325. The predicted octanol–water partition coefficient (Wildman–Crippen LogP) is 3.03. The Morgan fingerprint density at radius 3 is 2.50 bits per heavy atom. The van der Waals surface area contributed by atoms with E-state index in [-0.39, 0.29) is 11.2 Å². The molecule has 0 bridgehead atoms. The Balaban J connectivity index is 0.000000280. The normalized spacial score (nSPS) is 9.94. The molecule has 4 nitrogen and oxygen atoms in total. The number of hydrogen-bond donors (Lipinski definition) is 1. The van der Waals surface area contributed by atoms with E-state index >= 15 is 0 Å². The molecule has 18 heavy (non-hydrogen) atoms. The molecular weight excluding hydrogens is 228 g/mol. The summed E-state index contributed by atoms with van der Waals surface area (Å²) < 4.78 is 1.66. The van der Waals surface area contributed by atoms with Gasteiger partial charge in [0.15, 0.2) is 11.2 Å². The number of unbranched alkanes of at least 4 members (excludes halogenated alkanes) is 2. The molecule has 98 valence electrons. The van der Waals surface area contributed by atoms with Gasteiger partial charge in [-0.2, -0.15) is 0 Å². The van der Waals surface area contributed by atoms with E-state index in [1.807, 2.05) is 0 Å². The molecule has 2 rings (SSSR count). The maximum absolute atomic E-state index is 11.1. The first-order valence-electron chi connectivity index (χ1n) is 6.30. The summed E-state index contributed by atoms with van der Waals surface area (Å²) in [6, 6.07) is 2.87. The van der Waals surface area contributed by atoms with Crippen LogP contribution < -0.4 is 5.43 Å². The summed E-state index contributed by atoms with van der Waals surface area (Å²) in [4.78, 5) is 24.9. The highest BCUT2D eigenvalue weighted by molar-refractivity contribution is 5.93. The van der Waals surface area contributed by atoms with Crippen LogP contribution >= 0.6 is 0 Å². The molecule has 0 radical (unpaired) electrons. The molecule has 0 saturated heterocycles. The third kappa shape index (κ3) is 3.58. The van der Waals surface area contributed by atoms with E-state index in [1.165, 1.54) is 38.3 Å². The number of nitrogens with zero attached hydrogens (tertiary/aromatic N) is 1. The molecule has 0 spiro atoms. The van der Waals surface area contributed by atoms with Crippen LogP contribution in [0, 0.1) is 0 Å². The van der Waals surface area contributed by atoms with E-state index in [0.29, 0.717) is 11.3 Å². The van der Waals surface area contributed by atoms with Crippen molar-refractivity contribution in [1.29, 1.82) is 0 Å². The van der Waals surface area contributed by atoms with Gasteiger partial charge in [-0.25, -0.2) is 0 Å². The van der Waals surface area contributed by atoms with Crippen molar-refractivity contribution < 1.29 is 4.79 Å². The molecule has 0 aliphatic rings. The lowest BCUT2D eigenvalue weighted by Gasteiger charge is -1.94. The van der Waals surface area contributed by atoms with Crippen molar-refractivity contribution >= 4 is 11.4 Å². The number of aromatic nitrogens is 2. The Kier molecular flexibility index (Phi) is 5.36. The fraction of sp³-hybridized carbons (Fsp3) is 0.429. The highest BCUT2D eigenvalue weighted by atomic mass is 16.1. The number of H-pyrrole nitrogens is 1. The van der Waals surface area contributed by atoms with Crippen LogP contribution in [0.5, 0.6) is 0 Å². The summed E-state index contributed by atoms with van der Waals surface area (Å²) in [5, 5.41) is 0. The minimum absolute atomic E-state index is 0.0325. The second kappa shape index (κ2) is 6.79. The Labute approximate surface area is 107 Å². The van der Waals surface area contributed by atoms with Crippen molar-refractivity contribution in [2.75, 3.05) is 0 Å². The van der Waals surface area contributed by atoms with E-state index in [2.05, 4.69) is 18.8 Å². The quantitative estimate of drug-likeness (QED) is 0.849. The Hall–Kier alpha value is -1.84. The average Bonchev–Trinajstić information content (AvgIpc) is 2.73. The van der Waals surface area contributed by atoms with E-state index in [0.717, 1.165) is 0 Å². The number of ketones is 1. The SMILES string of the molecule is CC(=O)c1c[nH]c2cc(=O)ccn12.CCCCC. The van der Waals surface area contributed by atoms with Crippen LogP contribution in [0.25, 0.3) is 5.65 Å². The molecule has 1 N–H and O–H groups in total. The second-order valence-corrected chi connectivity index (χ2v) is 4.20. The molecular formula is C14H20N2O2. The van der Waals surface area contributed by atoms with Crippen molar-refractivity contribution in [2.24, 2.45) is 0 Å². The van der Waals surface area contributed by atoms with Crippen molar-refractivity contribution in [3.8, 4) is 0 Å². The number of Topliss-reactive ketones (excluding diaryl/α,β-unsaturated/α-hetero) is 1. The van der Waals surface area contributed by atoms with E-state index < -0.39 is 0 Å². The van der Waals surface area contributed by atoms with Crippen LogP contribution in [0.15, 0.2) is 29.3 Å². The third-order valence-electron chi connectivity index (χ3n) is 2.61. The van der Waals surface area contributed by atoms with Crippen molar-refractivity contribution in [3.63, 3.8) is 0 Å². The van der Waals surface area contributed by atoms with Crippen molar-refractivity contribution in [3.05, 3.63) is 40.4 Å². The number of aromatic amines is 1. The lowest BCUT2D eigenvalue weighted by Crippen LogP contribution is -2.02.